The zero-order valence-corrected chi connectivity index (χ0v) is 15.8. The van der Waals surface area contributed by atoms with E-state index in [2.05, 4.69) is 15.6 Å². The first kappa shape index (κ1) is 19.8. The summed E-state index contributed by atoms with van der Waals surface area (Å²) in [6.45, 7) is 1.41. The van der Waals surface area contributed by atoms with Crippen molar-refractivity contribution in [2.75, 3.05) is 18.5 Å². The van der Waals surface area contributed by atoms with E-state index < -0.39 is 11.6 Å². The van der Waals surface area contributed by atoms with Crippen molar-refractivity contribution in [3.8, 4) is 0 Å². The van der Waals surface area contributed by atoms with Gasteiger partial charge in [0, 0.05) is 44.4 Å². The average Bonchev–Trinajstić information content (AvgIpc) is 2.71. The second-order valence-electron chi connectivity index (χ2n) is 6.68. The molecule has 1 amide bonds. The van der Waals surface area contributed by atoms with Gasteiger partial charge in [-0.15, -0.1) is 0 Å². The number of carbonyl (C=O) groups is 1. The number of piperidine rings is 1. The monoisotopic (exact) mass is 386 g/mol. The smallest absolute Gasteiger partial charge is 0.226 e. The second kappa shape index (κ2) is 9.30. The van der Waals surface area contributed by atoms with E-state index in [1.54, 1.807) is 7.05 Å². The Labute approximate surface area is 163 Å². The van der Waals surface area contributed by atoms with Gasteiger partial charge in [-0.2, -0.15) is 0 Å². The second-order valence-corrected chi connectivity index (χ2v) is 6.68. The first-order valence-corrected chi connectivity index (χ1v) is 9.34. The Balaban J connectivity index is 1.53. The third kappa shape index (κ3) is 5.06. The summed E-state index contributed by atoms with van der Waals surface area (Å²) in [5.74, 6) is -0.286. The van der Waals surface area contributed by atoms with E-state index in [0.717, 1.165) is 48.8 Å². The maximum absolute atomic E-state index is 13.7. The molecule has 0 spiro atoms. The van der Waals surface area contributed by atoms with Gasteiger partial charge in [0.05, 0.1) is 0 Å². The van der Waals surface area contributed by atoms with Crippen LogP contribution in [0, 0.1) is 11.6 Å². The van der Waals surface area contributed by atoms with E-state index in [1.165, 1.54) is 0 Å². The summed E-state index contributed by atoms with van der Waals surface area (Å²) in [7, 11) is 1.61. The normalized spacial score (nSPS) is 14.9. The van der Waals surface area contributed by atoms with Crippen molar-refractivity contribution in [1.29, 1.82) is 0 Å². The van der Waals surface area contributed by atoms with Gasteiger partial charge in [0.2, 0.25) is 5.91 Å². The van der Waals surface area contributed by atoms with E-state index in [4.69, 9.17) is 0 Å². The third-order valence-electron chi connectivity index (χ3n) is 4.71. The molecule has 0 atom stereocenters. The lowest BCUT2D eigenvalue weighted by Gasteiger charge is -2.26. The van der Waals surface area contributed by atoms with Crippen LogP contribution in [0.3, 0.4) is 0 Å². The lowest BCUT2D eigenvalue weighted by Crippen LogP contribution is -2.36. The Morgan fingerprint density at radius 1 is 1.07 bits per heavy atom. The molecule has 7 heteroatoms. The van der Waals surface area contributed by atoms with Gasteiger partial charge in [0.1, 0.15) is 11.6 Å². The van der Waals surface area contributed by atoms with Crippen molar-refractivity contribution in [2.24, 2.45) is 4.99 Å². The number of guanidine groups is 1. The number of anilines is 1. The van der Waals surface area contributed by atoms with Gasteiger partial charge in [0.15, 0.2) is 5.96 Å². The molecule has 2 N–H and O–H groups in total. The van der Waals surface area contributed by atoms with E-state index in [9.17, 15) is 13.6 Å². The molecule has 3 rings (SSSR count). The van der Waals surface area contributed by atoms with Gasteiger partial charge in [-0.05, 0) is 48.7 Å². The molecule has 148 valence electrons. The van der Waals surface area contributed by atoms with Gasteiger partial charge in [0.25, 0.3) is 0 Å². The molecule has 1 aliphatic rings. The molecule has 0 aliphatic carbocycles. The Kier molecular flexibility index (Phi) is 6.57. The number of amides is 1. The van der Waals surface area contributed by atoms with Gasteiger partial charge < -0.3 is 15.5 Å². The number of aliphatic imine (C=N–C) groups is 1. The zero-order chi connectivity index (χ0) is 19.9. The van der Waals surface area contributed by atoms with E-state index in [1.807, 2.05) is 29.2 Å². The van der Waals surface area contributed by atoms with Crippen LogP contribution in [-0.2, 0) is 17.9 Å². The third-order valence-corrected chi connectivity index (χ3v) is 4.71. The maximum atomic E-state index is 13.7. The molecule has 1 saturated heterocycles. The number of hydrogen-bond donors (Lipinski definition) is 2. The highest BCUT2D eigenvalue weighted by molar-refractivity contribution is 5.93. The molecule has 1 heterocycles. The Morgan fingerprint density at radius 3 is 2.54 bits per heavy atom. The predicted molar refractivity (Wildman–Crippen MR) is 106 cm³/mol. The summed E-state index contributed by atoms with van der Waals surface area (Å²) in [4.78, 5) is 17.9. The molecule has 0 saturated carbocycles. The first-order chi connectivity index (χ1) is 13.6. The maximum Gasteiger partial charge on any atom is 0.226 e. The van der Waals surface area contributed by atoms with E-state index in [0.29, 0.717) is 18.9 Å². The molecule has 0 bridgehead atoms. The molecule has 0 radical (unpaired) electrons. The van der Waals surface area contributed by atoms with Crippen molar-refractivity contribution >= 4 is 17.6 Å². The largest absolute Gasteiger partial charge is 0.352 e. The highest BCUT2D eigenvalue weighted by atomic mass is 19.1. The minimum atomic E-state index is -0.478. The fraction of sp³-hybridized carbons (Fsp3) is 0.333. The van der Waals surface area contributed by atoms with Crippen LogP contribution in [0.25, 0.3) is 0 Å². The van der Waals surface area contributed by atoms with Crippen LogP contribution in [0.4, 0.5) is 14.5 Å². The lowest BCUT2D eigenvalue weighted by atomic mass is 10.1. The molecule has 1 aliphatic heterocycles. The molecular formula is C21H24F2N4O. The molecule has 1 fully saturated rings. The summed E-state index contributed by atoms with van der Waals surface area (Å²) >= 11 is 0. The summed E-state index contributed by atoms with van der Waals surface area (Å²) < 4.78 is 26.9. The van der Waals surface area contributed by atoms with Crippen molar-refractivity contribution in [3.05, 3.63) is 65.2 Å². The minimum Gasteiger partial charge on any atom is -0.352 e. The molecule has 0 unspecified atom stereocenters. The molecule has 28 heavy (non-hydrogen) atoms. The van der Waals surface area contributed by atoms with E-state index in [-0.39, 0.29) is 18.0 Å². The molecule has 5 nitrogen and oxygen atoms in total. The van der Waals surface area contributed by atoms with Crippen LogP contribution in [0.15, 0.2) is 47.5 Å². The number of benzene rings is 2. The number of halogens is 2. The van der Waals surface area contributed by atoms with Gasteiger partial charge in [-0.1, -0.05) is 12.1 Å². The van der Waals surface area contributed by atoms with Crippen LogP contribution in [0.2, 0.25) is 0 Å². The molecular weight excluding hydrogens is 362 g/mol. The lowest BCUT2D eigenvalue weighted by molar-refractivity contribution is -0.119. The number of nitrogens with zero attached hydrogens (tertiary/aromatic N) is 2. The Morgan fingerprint density at radius 2 is 1.82 bits per heavy atom. The number of hydrogen-bond acceptors (Lipinski definition) is 2. The topological polar surface area (TPSA) is 56.7 Å². The summed E-state index contributed by atoms with van der Waals surface area (Å²) in [6, 6.07) is 11.2. The minimum absolute atomic E-state index is 0.124. The Hall–Kier alpha value is -2.96. The van der Waals surface area contributed by atoms with Crippen LogP contribution >= 0.6 is 0 Å². The molecule has 0 aromatic heterocycles. The zero-order valence-electron chi connectivity index (χ0n) is 15.8. The number of nitrogens with one attached hydrogen (secondary N) is 2. The standard InChI is InChI=1S/C21H24F2N4O/c1-24-21(26-14-16-12-17(22)7-10-19(16)23)25-13-15-5-8-18(9-6-15)27-11-3-2-4-20(27)28/h5-10,12H,2-4,11,13-14H2,1H3,(H2,24,25,26). The highest BCUT2D eigenvalue weighted by Gasteiger charge is 2.19. The van der Waals surface area contributed by atoms with Crippen molar-refractivity contribution in [1.82, 2.24) is 10.6 Å². The SMILES string of the molecule is CN=C(NCc1ccc(N2CCCCC2=O)cc1)NCc1cc(F)ccc1F. The van der Waals surface area contributed by atoms with Crippen LogP contribution in [-0.4, -0.2) is 25.5 Å². The van der Waals surface area contributed by atoms with Crippen molar-refractivity contribution < 1.29 is 13.6 Å². The highest BCUT2D eigenvalue weighted by Crippen LogP contribution is 2.21. The first-order valence-electron chi connectivity index (χ1n) is 9.34. The number of rotatable bonds is 5. The van der Waals surface area contributed by atoms with Gasteiger partial charge >= 0.3 is 0 Å². The molecule has 2 aromatic carbocycles. The predicted octanol–water partition coefficient (Wildman–Crippen LogP) is 3.35. The van der Waals surface area contributed by atoms with Crippen molar-refractivity contribution in [2.45, 2.75) is 32.4 Å². The molecule has 2 aromatic rings. The summed E-state index contributed by atoms with van der Waals surface area (Å²) in [5.41, 5.74) is 2.17. The van der Waals surface area contributed by atoms with Crippen LogP contribution < -0.4 is 15.5 Å². The fourth-order valence-electron chi connectivity index (χ4n) is 3.14. The van der Waals surface area contributed by atoms with Crippen molar-refractivity contribution in [3.63, 3.8) is 0 Å². The van der Waals surface area contributed by atoms with Gasteiger partial charge in [-0.25, -0.2) is 8.78 Å². The fourth-order valence-corrected chi connectivity index (χ4v) is 3.14. The summed E-state index contributed by atoms with van der Waals surface area (Å²) in [5, 5.41) is 6.11. The van der Waals surface area contributed by atoms with Gasteiger partial charge in [-0.3, -0.25) is 9.79 Å². The van der Waals surface area contributed by atoms with E-state index >= 15 is 0 Å². The number of carbonyl (C=O) groups excluding carboxylic acids is 1. The summed E-state index contributed by atoms with van der Waals surface area (Å²) in [6.07, 6.45) is 2.60. The van der Waals surface area contributed by atoms with Crippen LogP contribution in [0.1, 0.15) is 30.4 Å². The average molecular weight is 386 g/mol. The quantitative estimate of drug-likeness (QED) is 0.612. The Bertz CT molecular complexity index is 852. The van der Waals surface area contributed by atoms with Crippen LogP contribution in [0.5, 0.6) is 0 Å².